The maximum Gasteiger partial charge on any atom is 0.303 e. The topological polar surface area (TPSA) is 46.5 Å². The molecule has 0 aliphatic heterocycles. The standard InChI is InChI=1S/C29H48O3/c1-18(2)8-7-9-19(3)23-10-11-24-27-25(13-15-29(23,24)6)28(5)14-12-22(31)16-21(28)17-26(27)32-20(4)30/h17-19,22-27,31H,7-16H2,1-6H3/t19?,22?,23-,24?,25?,26?,27?,28?,29?/m1/s1. The van der Waals surface area contributed by atoms with E-state index in [1.165, 1.54) is 50.5 Å². The zero-order valence-electron chi connectivity index (χ0n) is 21.5. The lowest BCUT2D eigenvalue weighted by atomic mass is 9.46. The summed E-state index contributed by atoms with van der Waals surface area (Å²) >= 11 is 0. The van der Waals surface area contributed by atoms with Gasteiger partial charge in [-0.15, -0.1) is 0 Å². The fraction of sp³-hybridized carbons (Fsp3) is 0.897. The molecule has 3 saturated carbocycles. The van der Waals surface area contributed by atoms with Crippen LogP contribution in [0.15, 0.2) is 11.6 Å². The molecular weight excluding hydrogens is 396 g/mol. The largest absolute Gasteiger partial charge is 0.458 e. The van der Waals surface area contributed by atoms with Crippen LogP contribution in [0.4, 0.5) is 0 Å². The van der Waals surface area contributed by atoms with Gasteiger partial charge in [0.1, 0.15) is 6.10 Å². The van der Waals surface area contributed by atoms with E-state index in [1.54, 1.807) is 6.92 Å². The molecule has 0 radical (unpaired) electrons. The zero-order valence-corrected chi connectivity index (χ0v) is 21.5. The summed E-state index contributed by atoms with van der Waals surface area (Å²) in [5, 5.41) is 10.4. The molecule has 0 aromatic rings. The Morgan fingerprint density at radius 2 is 1.84 bits per heavy atom. The van der Waals surface area contributed by atoms with Crippen molar-refractivity contribution in [3.63, 3.8) is 0 Å². The average molecular weight is 445 g/mol. The fourth-order valence-electron chi connectivity index (χ4n) is 8.93. The molecule has 4 aliphatic rings. The molecule has 0 amide bonds. The summed E-state index contributed by atoms with van der Waals surface area (Å²) in [6, 6.07) is 0. The molecule has 0 saturated heterocycles. The Morgan fingerprint density at radius 3 is 2.53 bits per heavy atom. The molecule has 4 aliphatic carbocycles. The monoisotopic (exact) mass is 444 g/mol. The van der Waals surface area contributed by atoms with Crippen LogP contribution in [0, 0.1) is 46.3 Å². The van der Waals surface area contributed by atoms with Gasteiger partial charge in [0, 0.05) is 12.8 Å². The van der Waals surface area contributed by atoms with Gasteiger partial charge in [-0.3, -0.25) is 4.79 Å². The third kappa shape index (κ3) is 4.21. The Kier molecular flexibility index (Phi) is 6.90. The minimum atomic E-state index is -0.236. The van der Waals surface area contributed by atoms with E-state index in [0.29, 0.717) is 23.2 Å². The molecule has 3 nitrogen and oxygen atoms in total. The van der Waals surface area contributed by atoms with Gasteiger partial charge >= 0.3 is 5.97 Å². The highest BCUT2D eigenvalue weighted by Crippen LogP contribution is 2.67. The van der Waals surface area contributed by atoms with Gasteiger partial charge in [0.2, 0.25) is 0 Å². The SMILES string of the molecule is CC(=O)OC1C=C2CC(O)CCC2(C)C2CCC3(C)C(CC[C@@H]3C(C)CCCC(C)C)C12. The van der Waals surface area contributed by atoms with Crippen LogP contribution in [0.5, 0.6) is 0 Å². The highest BCUT2D eigenvalue weighted by Gasteiger charge is 2.61. The molecule has 182 valence electrons. The Balaban J connectivity index is 1.60. The highest BCUT2D eigenvalue weighted by atomic mass is 16.5. The van der Waals surface area contributed by atoms with E-state index in [9.17, 15) is 9.90 Å². The molecule has 3 heteroatoms. The van der Waals surface area contributed by atoms with Gasteiger partial charge in [-0.1, -0.05) is 59.5 Å². The Labute approximate surface area is 196 Å². The molecule has 3 fully saturated rings. The minimum Gasteiger partial charge on any atom is -0.458 e. The number of hydrogen-bond donors (Lipinski definition) is 1. The van der Waals surface area contributed by atoms with E-state index in [2.05, 4.69) is 40.7 Å². The number of hydrogen-bond acceptors (Lipinski definition) is 3. The molecule has 0 bridgehead atoms. The number of ether oxygens (including phenoxy) is 1. The molecule has 0 spiro atoms. The first-order valence-electron chi connectivity index (χ1n) is 13.6. The van der Waals surface area contributed by atoms with Crippen molar-refractivity contribution in [2.45, 2.75) is 118 Å². The van der Waals surface area contributed by atoms with Gasteiger partial charge in [0.05, 0.1) is 6.10 Å². The molecule has 0 aromatic carbocycles. The molecule has 9 atom stereocenters. The van der Waals surface area contributed by atoms with Gasteiger partial charge in [0.15, 0.2) is 0 Å². The third-order valence-corrected chi connectivity index (χ3v) is 10.6. The van der Waals surface area contributed by atoms with Crippen LogP contribution in [0.25, 0.3) is 0 Å². The molecular formula is C29H48O3. The molecule has 0 heterocycles. The van der Waals surface area contributed by atoms with E-state index in [1.807, 2.05) is 0 Å². The van der Waals surface area contributed by atoms with Crippen molar-refractivity contribution < 1.29 is 14.6 Å². The van der Waals surface area contributed by atoms with Crippen LogP contribution in [-0.2, 0) is 9.53 Å². The number of carbonyl (C=O) groups excluding carboxylic acids is 1. The number of fused-ring (bicyclic) bond motifs is 5. The highest BCUT2D eigenvalue weighted by molar-refractivity contribution is 5.66. The van der Waals surface area contributed by atoms with Crippen LogP contribution in [-0.4, -0.2) is 23.3 Å². The lowest BCUT2D eigenvalue weighted by Gasteiger charge is -2.59. The van der Waals surface area contributed by atoms with Crippen molar-refractivity contribution in [2.24, 2.45) is 46.3 Å². The Morgan fingerprint density at radius 1 is 1.09 bits per heavy atom. The van der Waals surface area contributed by atoms with Crippen LogP contribution in [0.3, 0.4) is 0 Å². The lowest BCUT2D eigenvalue weighted by Crippen LogP contribution is -2.55. The quantitative estimate of drug-likeness (QED) is 0.357. The summed E-state index contributed by atoms with van der Waals surface area (Å²) in [6.07, 6.45) is 13.9. The summed E-state index contributed by atoms with van der Waals surface area (Å²) in [4.78, 5) is 12.1. The maximum atomic E-state index is 12.1. The third-order valence-electron chi connectivity index (χ3n) is 10.6. The van der Waals surface area contributed by atoms with Crippen molar-refractivity contribution in [3.05, 3.63) is 11.6 Å². The number of esters is 1. The van der Waals surface area contributed by atoms with Crippen LogP contribution in [0.2, 0.25) is 0 Å². The second kappa shape index (κ2) is 9.08. The van der Waals surface area contributed by atoms with Gasteiger partial charge < -0.3 is 9.84 Å². The minimum absolute atomic E-state index is 0.106. The van der Waals surface area contributed by atoms with Crippen molar-refractivity contribution in [1.29, 1.82) is 0 Å². The number of aliphatic hydroxyl groups excluding tert-OH is 1. The van der Waals surface area contributed by atoms with E-state index in [-0.39, 0.29) is 23.6 Å². The molecule has 32 heavy (non-hydrogen) atoms. The predicted molar refractivity (Wildman–Crippen MR) is 130 cm³/mol. The fourth-order valence-corrected chi connectivity index (χ4v) is 8.93. The zero-order chi connectivity index (χ0) is 23.3. The summed E-state index contributed by atoms with van der Waals surface area (Å²) in [5.74, 6) is 3.88. The van der Waals surface area contributed by atoms with Gasteiger partial charge in [-0.2, -0.15) is 0 Å². The smallest absolute Gasteiger partial charge is 0.303 e. The first-order chi connectivity index (χ1) is 15.1. The summed E-state index contributed by atoms with van der Waals surface area (Å²) in [6.45, 7) is 13.8. The molecule has 1 N–H and O–H groups in total. The molecule has 4 rings (SSSR count). The van der Waals surface area contributed by atoms with Gasteiger partial charge in [-0.05, 0) is 91.4 Å². The summed E-state index contributed by atoms with van der Waals surface area (Å²) in [5.41, 5.74) is 1.90. The number of aliphatic hydroxyl groups is 1. The van der Waals surface area contributed by atoms with E-state index in [4.69, 9.17) is 4.74 Å². The Hall–Kier alpha value is -0.830. The first kappa shape index (κ1) is 24.3. The van der Waals surface area contributed by atoms with E-state index >= 15 is 0 Å². The van der Waals surface area contributed by atoms with Crippen molar-refractivity contribution >= 4 is 5.97 Å². The first-order valence-corrected chi connectivity index (χ1v) is 13.6. The summed E-state index contributed by atoms with van der Waals surface area (Å²) < 4.78 is 6.03. The number of carbonyl (C=O) groups is 1. The summed E-state index contributed by atoms with van der Waals surface area (Å²) in [7, 11) is 0. The predicted octanol–water partition coefficient (Wildman–Crippen LogP) is 6.93. The second-order valence-corrected chi connectivity index (χ2v) is 12.9. The molecule has 0 aromatic heterocycles. The van der Waals surface area contributed by atoms with Crippen molar-refractivity contribution in [1.82, 2.24) is 0 Å². The average Bonchev–Trinajstić information content (AvgIpc) is 3.05. The van der Waals surface area contributed by atoms with E-state index in [0.717, 1.165) is 37.0 Å². The molecule has 8 unspecified atom stereocenters. The van der Waals surface area contributed by atoms with Crippen molar-refractivity contribution in [3.8, 4) is 0 Å². The Bertz CT molecular complexity index is 726. The van der Waals surface area contributed by atoms with Gasteiger partial charge in [0.25, 0.3) is 0 Å². The normalized spacial score (nSPS) is 44.3. The number of rotatable bonds is 6. The van der Waals surface area contributed by atoms with Crippen LogP contribution < -0.4 is 0 Å². The van der Waals surface area contributed by atoms with Crippen LogP contribution >= 0.6 is 0 Å². The van der Waals surface area contributed by atoms with E-state index < -0.39 is 0 Å². The second-order valence-electron chi connectivity index (χ2n) is 12.9. The maximum absolute atomic E-state index is 12.1. The van der Waals surface area contributed by atoms with Crippen LogP contribution in [0.1, 0.15) is 106 Å². The van der Waals surface area contributed by atoms with Crippen molar-refractivity contribution in [2.75, 3.05) is 0 Å². The van der Waals surface area contributed by atoms with Gasteiger partial charge in [-0.25, -0.2) is 0 Å². The lowest BCUT2D eigenvalue weighted by molar-refractivity contribution is -0.158.